The van der Waals surface area contributed by atoms with E-state index in [2.05, 4.69) is 32.0 Å². The summed E-state index contributed by atoms with van der Waals surface area (Å²) in [4.78, 5) is 27.4. The first-order valence-corrected chi connectivity index (χ1v) is 9.31. The Morgan fingerprint density at radius 2 is 1.64 bits per heavy atom. The van der Waals surface area contributed by atoms with Crippen molar-refractivity contribution in [2.24, 2.45) is 5.92 Å². The van der Waals surface area contributed by atoms with Crippen molar-refractivity contribution in [2.45, 2.75) is 44.4 Å². The first-order valence-electron chi connectivity index (χ1n) is 9.31. The molecule has 2 aromatic rings. The highest BCUT2D eigenvalue weighted by atomic mass is 16.2. The number of piperidine rings is 1. The summed E-state index contributed by atoms with van der Waals surface area (Å²) in [5.74, 6) is 1.14. The molecule has 0 radical (unpaired) electrons. The number of aromatic nitrogens is 3. The zero-order valence-electron chi connectivity index (χ0n) is 14.5. The molecule has 1 saturated heterocycles. The van der Waals surface area contributed by atoms with Gasteiger partial charge in [-0.05, 0) is 31.7 Å². The SMILES string of the molecule is O=C(C1CCCC1)N1CCC(c2ccc(-c3cncnc3)cn2)CC1. The maximum absolute atomic E-state index is 12.5. The second-order valence-corrected chi connectivity index (χ2v) is 7.18. The molecule has 1 amide bonds. The molecule has 1 saturated carbocycles. The molecule has 0 atom stereocenters. The molecule has 0 spiro atoms. The summed E-state index contributed by atoms with van der Waals surface area (Å²) in [6, 6.07) is 4.21. The van der Waals surface area contributed by atoms with Gasteiger partial charge in [0.15, 0.2) is 0 Å². The summed E-state index contributed by atoms with van der Waals surface area (Å²) in [6.07, 6.45) is 13.7. The van der Waals surface area contributed by atoms with E-state index in [4.69, 9.17) is 0 Å². The van der Waals surface area contributed by atoms with Crippen molar-refractivity contribution >= 4 is 5.91 Å². The minimum Gasteiger partial charge on any atom is -0.342 e. The van der Waals surface area contributed by atoms with Gasteiger partial charge in [-0.25, -0.2) is 9.97 Å². The Bertz CT molecular complexity index is 702. The zero-order valence-corrected chi connectivity index (χ0v) is 14.5. The van der Waals surface area contributed by atoms with E-state index in [9.17, 15) is 4.79 Å². The summed E-state index contributed by atoms with van der Waals surface area (Å²) in [7, 11) is 0. The molecule has 1 aliphatic heterocycles. The summed E-state index contributed by atoms with van der Waals surface area (Å²) in [5, 5.41) is 0. The summed E-state index contributed by atoms with van der Waals surface area (Å²) in [5.41, 5.74) is 3.16. The van der Waals surface area contributed by atoms with Crippen LogP contribution in [-0.4, -0.2) is 38.8 Å². The number of pyridine rings is 1. The van der Waals surface area contributed by atoms with Crippen molar-refractivity contribution in [3.8, 4) is 11.1 Å². The normalized spacial score (nSPS) is 19.3. The molecule has 25 heavy (non-hydrogen) atoms. The van der Waals surface area contributed by atoms with Crippen LogP contribution in [0.15, 0.2) is 37.1 Å². The van der Waals surface area contributed by atoms with Gasteiger partial charge in [-0.15, -0.1) is 0 Å². The average Bonchev–Trinajstić information content (AvgIpc) is 3.23. The van der Waals surface area contributed by atoms with Crippen LogP contribution >= 0.6 is 0 Å². The third kappa shape index (κ3) is 3.55. The fourth-order valence-corrected chi connectivity index (χ4v) is 4.09. The number of hydrogen-bond donors (Lipinski definition) is 0. The van der Waals surface area contributed by atoms with Gasteiger partial charge in [0.25, 0.3) is 0 Å². The molecule has 130 valence electrons. The van der Waals surface area contributed by atoms with Crippen LogP contribution in [0.5, 0.6) is 0 Å². The molecule has 2 fully saturated rings. The Hall–Kier alpha value is -2.30. The highest BCUT2D eigenvalue weighted by Gasteiger charge is 2.30. The Balaban J connectivity index is 1.37. The molecule has 1 aliphatic carbocycles. The Morgan fingerprint density at radius 1 is 0.920 bits per heavy atom. The average molecular weight is 336 g/mol. The Kier molecular flexibility index (Phi) is 4.72. The molecule has 5 nitrogen and oxygen atoms in total. The van der Waals surface area contributed by atoms with E-state index in [0.29, 0.717) is 17.7 Å². The molecule has 2 aromatic heterocycles. The first-order chi connectivity index (χ1) is 12.3. The van der Waals surface area contributed by atoms with Crippen LogP contribution in [0.3, 0.4) is 0 Å². The lowest BCUT2D eigenvalue weighted by Gasteiger charge is -2.33. The minimum absolute atomic E-state index is 0.294. The summed E-state index contributed by atoms with van der Waals surface area (Å²) >= 11 is 0. The number of nitrogens with zero attached hydrogens (tertiary/aromatic N) is 4. The van der Waals surface area contributed by atoms with Crippen molar-refractivity contribution < 1.29 is 4.79 Å². The zero-order chi connectivity index (χ0) is 17.1. The van der Waals surface area contributed by atoms with E-state index in [-0.39, 0.29) is 0 Å². The number of hydrogen-bond acceptors (Lipinski definition) is 4. The third-order valence-electron chi connectivity index (χ3n) is 5.61. The molecule has 0 N–H and O–H groups in total. The minimum atomic E-state index is 0.294. The first kappa shape index (κ1) is 16.2. The van der Waals surface area contributed by atoms with Gasteiger partial charge in [0, 0.05) is 60.3 Å². The summed E-state index contributed by atoms with van der Waals surface area (Å²) < 4.78 is 0. The highest BCUT2D eigenvalue weighted by molar-refractivity contribution is 5.79. The van der Waals surface area contributed by atoms with Crippen LogP contribution in [-0.2, 0) is 4.79 Å². The maximum atomic E-state index is 12.5. The lowest BCUT2D eigenvalue weighted by Crippen LogP contribution is -2.40. The maximum Gasteiger partial charge on any atom is 0.225 e. The van der Waals surface area contributed by atoms with Gasteiger partial charge in [-0.3, -0.25) is 9.78 Å². The van der Waals surface area contributed by atoms with Crippen LogP contribution in [0.1, 0.15) is 50.1 Å². The number of rotatable bonds is 3. The van der Waals surface area contributed by atoms with Gasteiger partial charge in [-0.1, -0.05) is 18.9 Å². The van der Waals surface area contributed by atoms with Crippen molar-refractivity contribution in [1.82, 2.24) is 19.9 Å². The van der Waals surface area contributed by atoms with Gasteiger partial charge >= 0.3 is 0 Å². The predicted molar refractivity (Wildman–Crippen MR) is 95.8 cm³/mol. The van der Waals surface area contributed by atoms with Gasteiger partial charge in [0.1, 0.15) is 6.33 Å². The molecule has 0 aromatic carbocycles. The fraction of sp³-hybridized carbons (Fsp3) is 0.500. The van der Waals surface area contributed by atoms with Gasteiger partial charge < -0.3 is 4.90 Å². The van der Waals surface area contributed by atoms with Crippen molar-refractivity contribution in [3.05, 3.63) is 42.7 Å². The molecule has 5 heteroatoms. The monoisotopic (exact) mass is 336 g/mol. The third-order valence-corrected chi connectivity index (χ3v) is 5.61. The highest BCUT2D eigenvalue weighted by Crippen LogP contribution is 2.31. The van der Waals surface area contributed by atoms with E-state index < -0.39 is 0 Å². The van der Waals surface area contributed by atoms with Crippen LogP contribution in [0, 0.1) is 5.92 Å². The Morgan fingerprint density at radius 3 is 2.28 bits per heavy atom. The Labute approximate surface area is 148 Å². The van der Waals surface area contributed by atoms with E-state index in [1.807, 2.05) is 6.20 Å². The van der Waals surface area contributed by atoms with Crippen LogP contribution in [0.4, 0.5) is 0 Å². The largest absolute Gasteiger partial charge is 0.342 e. The molecule has 0 bridgehead atoms. The summed E-state index contributed by atoms with van der Waals surface area (Å²) in [6.45, 7) is 1.74. The van der Waals surface area contributed by atoms with Crippen molar-refractivity contribution in [1.29, 1.82) is 0 Å². The molecular weight excluding hydrogens is 312 g/mol. The number of carbonyl (C=O) groups excluding carboxylic acids is 1. The molecular formula is C20H24N4O. The molecule has 2 aliphatic rings. The van der Waals surface area contributed by atoms with Gasteiger partial charge in [0.2, 0.25) is 5.91 Å². The lowest BCUT2D eigenvalue weighted by atomic mass is 9.91. The molecule has 4 rings (SSSR count). The predicted octanol–water partition coefficient (Wildman–Crippen LogP) is 3.43. The van der Waals surface area contributed by atoms with E-state index in [1.54, 1.807) is 12.4 Å². The van der Waals surface area contributed by atoms with Crippen molar-refractivity contribution in [2.75, 3.05) is 13.1 Å². The van der Waals surface area contributed by atoms with Crippen LogP contribution in [0.25, 0.3) is 11.1 Å². The van der Waals surface area contributed by atoms with E-state index >= 15 is 0 Å². The fourth-order valence-electron chi connectivity index (χ4n) is 4.09. The van der Waals surface area contributed by atoms with Gasteiger partial charge in [-0.2, -0.15) is 0 Å². The van der Waals surface area contributed by atoms with Crippen LogP contribution < -0.4 is 0 Å². The van der Waals surface area contributed by atoms with Crippen LogP contribution in [0.2, 0.25) is 0 Å². The quantitative estimate of drug-likeness (QED) is 0.861. The number of likely N-dealkylation sites (tertiary alicyclic amines) is 1. The lowest BCUT2D eigenvalue weighted by molar-refractivity contribution is -0.136. The molecule has 0 unspecified atom stereocenters. The van der Waals surface area contributed by atoms with Gasteiger partial charge in [0.05, 0.1) is 0 Å². The van der Waals surface area contributed by atoms with Crippen molar-refractivity contribution in [3.63, 3.8) is 0 Å². The van der Waals surface area contributed by atoms with E-state index in [1.165, 1.54) is 19.2 Å². The second kappa shape index (κ2) is 7.30. The second-order valence-electron chi connectivity index (χ2n) is 7.18. The van der Waals surface area contributed by atoms with E-state index in [0.717, 1.165) is 55.6 Å². The molecule has 3 heterocycles. The number of carbonyl (C=O) groups is 1. The standard InChI is InChI=1S/C20H24N4O/c25-20(16-3-1-2-4-16)24-9-7-15(8-10-24)19-6-5-17(13-23-19)18-11-21-14-22-12-18/h5-6,11-16H,1-4,7-10H2. The topological polar surface area (TPSA) is 59.0 Å². The smallest absolute Gasteiger partial charge is 0.225 e. The number of amides is 1.